The molecule has 7 nitrogen and oxygen atoms in total. The van der Waals surface area contributed by atoms with Gasteiger partial charge in [0.2, 0.25) is 5.88 Å². The second-order valence-corrected chi connectivity index (χ2v) is 5.49. The predicted octanol–water partition coefficient (Wildman–Crippen LogP) is 3.89. The molecule has 1 unspecified atom stereocenters. The number of pyridine rings is 1. The number of methoxy groups -OCH3 is 1. The van der Waals surface area contributed by atoms with Crippen molar-refractivity contribution in [2.24, 2.45) is 0 Å². The third kappa shape index (κ3) is 3.85. The topological polar surface area (TPSA) is 103 Å². The Morgan fingerprint density at radius 3 is 2.50 bits per heavy atom. The molecule has 1 aromatic heterocycles. The molecule has 0 fully saturated rings. The van der Waals surface area contributed by atoms with E-state index in [1.807, 2.05) is 0 Å². The molecule has 0 saturated carbocycles. The Morgan fingerprint density at radius 2 is 2.00 bits per heavy atom. The number of aliphatic carboxylic acids is 1. The molecule has 0 aliphatic rings. The average Bonchev–Trinajstić information content (AvgIpc) is 2.54. The number of hydrogen-bond acceptors (Lipinski definition) is 5. The summed E-state index contributed by atoms with van der Waals surface area (Å²) in [6.45, 7) is 0. The fourth-order valence-electron chi connectivity index (χ4n) is 2.38. The van der Waals surface area contributed by atoms with Crippen LogP contribution in [0.1, 0.15) is 22.6 Å². The summed E-state index contributed by atoms with van der Waals surface area (Å²) in [4.78, 5) is 25.7. The minimum absolute atomic E-state index is 0.0293. The molecule has 0 aliphatic carbocycles. The van der Waals surface area contributed by atoms with Crippen LogP contribution in [0.15, 0.2) is 30.5 Å². The van der Waals surface area contributed by atoms with Gasteiger partial charge in [-0.15, -0.1) is 0 Å². The summed E-state index contributed by atoms with van der Waals surface area (Å²) in [7, 11) is 1.19. The zero-order valence-corrected chi connectivity index (χ0v) is 13.7. The lowest BCUT2D eigenvalue weighted by Crippen LogP contribution is -2.17. The van der Waals surface area contributed by atoms with Crippen LogP contribution in [-0.4, -0.2) is 28.1 Å². The van der Waals surface area contributed by atoms with Gasteiger partial charge >= 0.3 is 12.1 Å². The Hall–Kier alpha value is -2.88. The van der Waals surface area contributed by atoms with E-state index in [9.17, 15) is 33.2 Å². The lowest BCUT2D eigenvalue weighted by atomic mass is 9.90. The Bertz CT molecular complexity index is 873. The zero-order valence-electron chi connectivity index (χ0n) is 13.0. The quantitative estimate of drug-likeness (QED) is 0.613. The average molecular weight is 391 g/mol. The molecule has 2 rings (SSSR count). The Labute approximate surface area is 149 Å². The summed E-state index contributed by atoms with van der Waals surface area (Å²) in [6.07, 6.45) is -3.65. The van der Waals surface area contributed by atoms with Crippen molar-refractivity contribution in [3.05, 3.63) is 62.3 Å². The van der Waals surface area contributed by atoms with Gasteiger partial charge < -0.3 is 9.84 Å². The van der Waals surface area contributed by atoms with E-state index in [0.717, 1.165) is 6.07 Å². The largest absolute Gasteiger partial charge is 0.481 e. The lowest BCUT2D eigenvalue weighted by Gasteiger charge is -2.17. The number of nitro benzene ring substituents is 1. The fourth-order valence-corrected chi connectivity index (χ4v) is 2.54. The van der Waals surface area contributed by atoms with E-state index in [1.54, 1.807) is 0 Å². The van der Waals surface area contributed by atoms with Gasteiger partial charge in [-0.05, 0) is 12.1 Å². The standard InChI is InChI=1S/C15H10ClF3N2O5/c1-26-13-10(5-8(16)6-20-13)12(14(22)23)9-3-2-7(15(17,18)19)4-11(9)21(24)25/h2-6,12H,1H3,(H,22,23). The van der Waals surface area contributed by atoms with E-state index in [0.29, 0.717) is 6.07 Å². The SMILES string of the molecule is COc1ncc(Cl)cc1C(C(=O)O)c1ccc(C(F)(F)F)cc1[N+](=O)[O-]. The van der Waals surface area contributed by atoms with E-state index in [1.165, 1.54) is 19.4 Å². The molecule has 0 aliphatic heterocycles. The van der Waals surface area contributed by atoms with Crippen LogP contribution in [-0.2, 0) is 11.0 Å². The van der Waals surface area contributed by atoms with Gasteiger partial charge in [0.1, 0.15) is 5.92 Å². The number of hydrogen-bond donors (Lipinski definition) is 1. The van der Waals surface area contributed by atoms with Gasteiger partial charge in [0.25, 0.3) is 5.69 Å². The number of aromatic nitrogens is 1. The maximum Gasteiger partial charge on any atom is 0.416 e. The number of carboxylic acids is 1. The van der Waals surface area contributed by atoms with Crippen molar-refractivity contribution in [2.45, 2.75) is 12.1 Å². The first kappa shape index (κ1) is 19.4. The highest BCUT2D eigenvalue weighted by Gasteiger charge is 2.37. The molecule has 138 valence electrons. The van der Waals surface area contributed by atoms with E-state index < -0.39 is 39.8 Å². The van der Waals surface area contributed by atoms with E-state index in [2.05, 4.69) is 4.98 Å². The molecule has 0 saturated heterocycles. The van der Waals surface area contributed by atoms with Crippen LogP contribution in [0.5, 0.6) is 5.88 Å². The second kappa shape index (κ2) is 7.16. The maximum atomic E-state index is 12.8. The molecule has 0 bridgehead atoms. The van der Waals surface area contributed by atoms with Crippen LogP contribution in [0.4, 0.5) is 18.9 Å². The van der Waals surface area contributed by atoms with Crippen molar-refractivity contribution in [1.29, 1.82) is 0 Å². The monoisotopic (exact) mass is 390 g/mol. The van der Waals surface area contributed by atoms with Crippen molar-refractivity contribution in [3.63, 3.8) is 0 Å². The van der Waals surface area contributed by atoms with E-state index in [-0.39, 0.29) is 22.5 Å². The fraction of sp³-hybridized carbons (Fsp3) is 0.200. The number of benzene rings is 1. The van der Waals surface area contributed by atoms with Crippen LogP contribution in [0, 0.1) is 10.1 Å². The second-order valence-electron chi connectivity index (χ2n) is 5.05. The van der Waals surface area contributed by atoms with Gasteiger partial charge in [-0.25, -0.2) is 4.98 Å². The predicted molar refractivity (Wildman–Crippen MR) is 83.4 cm³/mol. The number of alkyl halides is 3. The molecule has 11 heteroatoms. The number of rotatable bonds is 5. The summed E-state index contributed by atoms with van der Waals surface area (Å²) in [6, 6.07) is 2.78. The molecule has 0 radical (unpaired) electrons. The summed E-state index contributed by atoms with van der Waals surface area (Å²) in [5, 5.41) is 20.8. The highest BCUT2D eigenvalue weighted by Crippen LogP contribution is 2.40. The Kier molecular flexibility index (Phi) is 5.36. The number of carboxylic acid groups (broad SMARTS) is 1. The summed E-state index contributed by atoms with van der Waals surface area (Å²) in [5.74, 6) is -3.43. The first-order valence-electron chi connectivity index (χ1n) is 6.84. The lowest BCUT2D eigenvalue weighted by molar-refractivity contribution is -0.385. The van der Waals surface area contributed by atoms with Gasteiger partial charge in [0.05, 0.1) is 22.6 Å². The van der Waals surface area contributed by atoms with Crippen molar-refractivity contribution in [1.82, 2.24) is 4.98 Å². The minimum Gasteiger partial charge on any atom is -0.481 e. The molecule has 0 spiro atoms. The smallest absolute Gasteiger partial charge is 0.416 e. The number of nitro groups is 1. The molecule has 1 heterocycles. The highest BCUT2D eigenvalue weighted by molar-refractivity contribution is 6.30. The van der Waals surface area contributed by atoms with E-state index >= 15 is 0 Å². The van der Waals surface area contributed by atoms with Crippen LogP contribution >= 0.6 is 11.6 Å². The third-order valence-electron chi connectivity index (χ3n) is 3.46. The van der Waals surface area contributed by atoms with Crippen LogP contribution in [0.2, 0.25) is 5.02 Å². The summed E-state index contributed by atoms with van der Waals surface area (Å²) < 4.78 is 43.4. The number of halogens is 4. The van der Waals surface area contributed by atoms with Crippen molar-refractivity contribution in [3.8, 4) is 5.88 Å². The number of carbonyl (C=O) groups is 1. The molecule has 26 heavy (non-hydrogen) atoms. The first-order chi connectivity index (χ1) is 12.1. The van der Waals surface area contributed by atoms with Gasteiger partial charge in [-0.1, -0.05) is 17.7 Å². The summed E-state index contributed by atoms with van der Waals surface area (Å²) in [5.41, 5.74) is -2.85. The van der Waals surface area contributed by atoms with Gasteiger partial charge in [0, 0.05) is 23.4 Å². The van der Waals surface area contributed by atoms with Crippen LogP contribution in [0.25, 0.3) is 0 Å². The molecular weight excluding hydrogens is 381 g/mol. The van der Waals surface area contributed by atoms with Crippen LogP contribution in [0.3, 0.4) is 0 Å². The van der Waals surface area contributed by atoms with Gasteiger partial charge in [0.15, 0.2) is 0 Å². The Morgan fingerprint density at radius 1 is 1.35 bits per heavy atom. The van der Waals surface area contributed by atoms with Crippen molar-refractivity contribution >= 4 is 23.3 Å². The normalized spacial score (nSPS) is 12.5. The molecule has 2 aromatic rings. The number of ether oxygens (including phenoxy) is 1. The molecule has 1 aromatic carbocycles. The van der Waals surface area contributed by atoms with Crippen LogP contribution < -0.4 is 4.74 Å². The molecular formula is C15H10ClF3N2O5. The molecule has 1 atom stereocenters. The first-order valence-corrected chi connectivity index (χ1v) is 7.21. The third-order valence-corrected chi connectivity index (χ3v) is 3.67. The molecule has 1 N–H and O–H groups in total. The van der Waals surface area contributed by atoms with E-state index in [4.69, 9.17) is 16.3 Å². The zero-order chi connectivity index (χ0) is 19.6. The molecule has 0 amide bonds. The highest BCUT2D eigenvalue weighted by atomic mass is 35.5. The van der Waals surface area contributed by atoms with Crippen molar-refractivity contribution in [2.75, 3.05) is 7.11 Å². The Balaban J connectivity index is 2.75. The van der Waals surface area contributed by atoms with Gasteiger partial charge in [-0.2, -0.15) is 13.2 Å². The number of nitrogens with zero attached hydrogens (tertiary/aromatic N) is 2. The minimum atomic E-state index is -4.82. The maximum absolute atomic E-state index is 12.8. The summed E-state index contributed by atoms with van der Waals surface area (Å²) >= 11 is 5.80. The van der Waals surface area contributed by atoms with Gasteiger partial charge in [-0.3, -0.25) is 14.9 Å². The van der Waals surface area contributed by atoms with Crippen molar-refractivity contribution < 1.29 is 32.7 Å².